The third-order valence-electron chi connectivity index (χ3n) is 11.7. The number of esters is 3. The summed E-state index contributed by atoms with van der Waals surface area (Å²) in [7, 11) is 0. The second-order valence-electron chi connectivity index (χ2n) is 18.1. The summed E-state index contributed by atoms with van der Waals surface area (Å²) in [6.07, 6.45) is 65.1. The van der Waals surface area contributed by atoms with Gasteiger partial charge in [0.2, 0.25) is 0 Å². The van der Waals surface area contributed by atoms with Gasteiger partial charge in [-0.05, 0) is 77.0 Å². The molecule has 0 bridgehead atoms. The minimum absolute atomic E-state index is 0.0753. The highest BCUT2D eigenvalue weighted by Gasteiger charge is 2.19. The molecule has 0 aliphatic heterocycles. The molecule has 1 atom stereocenters. The van der Waals surface area contributed by atoms with Crippen LogP contribution in [0.5, 0.6) is 0 Å². The van der Waals surface area contributed by atoms with Gasteiger partial charge in [-0.3, -0.25) is 14.4 Å². The number of hydrogen-bond acceptors (Lipinski definition) is 6. The van der Waals surface area contributed by atoms with Gasteiger partial charge in [-0.2, -0.15) is 0 Å². The van der Waals surface area contributed by atoms with Gasteiger partial charge in [-0.15, -0.1) is 0 Å². The van der Waals surface area contributed by atoms with E-state index >= 15 is 0 Å². The second-order valence-corrected chi connectivity index (χ2v) is 18.1. The standard InChI is InChI=1S/C58H102O6/c1-4-7-10-13-16-19-22-23-24-25-26-27-28-29-30-31-32-33-34-35-37-39-42-45-48-51-57(60)63-54-55(53-62-56(59)50-47-44-41-38-21-18-15-12-9-6-3)64-58(61)52-49-46-43-40-36-20-17-14-11-8-5-2/h7,10,12,15-16,19,23-24,26-27,55H,4-6,8-9,11,13-14,17-18,20-22,25,28-54H2,1-3H3/b10-7-,15-12-,19-16-,24-23-,27-26-. The Morgan fingerprint density at radius 3 is 1.03 bits per heavy atom. The zero-order chi connectivity index (χ0) is 46.5. The van der Waals surface area contributed by atoms with E-state index in [4.69, 9.17) is 14.2 Å². The molecular formula is C58H102O6. The number of carbonyl (C=O) groups is 3. The highest BCUT2D eigenvalue weighted by Crippen LogP contribution is 2.16. The van der Waals surface area contributed by atoms with Crippen LogP contribution in [0.2, 0.25) is 0 Å². The number of ether oxygens (including phenoxy) is 3. The van der Waals surface area contributed by atoms with Crippen molar-refractivity contribution in [2.45, 2.75) is 277 Å². The molecule has 0 N–H and O–H groups in total. The molecule has 0 saturated carbocycles. The maximum atomic E-state index is 12.8. The van der Waals surface area contributed by atoms with Crippen LogP contribution in [-0.4, -0.2) is 37.2 Å². The number of allylic oxidation sites excluding steroid dienone is 10. The van der Waals surface area contributed by atoms with Crippen LogP contribution in [0.25, 0.3) is 0 Å². The smallest absolute Gasteiger partial charge is 0.306 e. The minimum atomic E-state index is -0.773. The SMILES string of the molecule is CC/C=C\C/C=C\C/C=C\C/C=C\CCCCCCCCCCCCCCC(=O)OCC(COC(=O)CCCCCCC/C=C\CCC)OC(=O)CCCCCCCCCCCCC. The van der Waals surface area contributed by atoms with E-state index in [0.717, 1.165) is 96.3 Å². The summed E-state index contributed by atoms with van der Waals surface area (Å²) in [6, 6.07) is 0. The van der Waals surface area contributed by atoms with E-state index in [2.05, 4.69) is 81.5 Å². The molecule has 0 fully saturated rings. The summed E-state index contributed by atoms with van der Waals surface area (Å²) in [4.78, 5) is 37.9. The van der Waals surface area contributed by atoms with Crippen molar-refractivity contribution in [2.24, 2.45) is 0 Å². The van der Waals surface area contributed by atoms with Gasteiger partial charge < -0.3 is 14.2 Å². The normalized spacial score (nSPS) is 12.5. The molecule has 370 valence electrons. The van der Waals surface area contributed by atoms with Crippen LogP contribution in [0.3, 0.4) is 0 Å². The van der Waals surface area contributed by atoms with Crippen molar-refractivity contribution >= 4 is 17.9 Å². The number of rotatable bonds is 49. The van der Waals surface area contributed by atoms with E-state index in [1.54, 1.807) is 0 Å². The third-order valence-corrected chi connectivity index (χ3v) is 11.7. The van der Waals surface area contributed by atoms with E-state index < -0.39 is 6.10 Å². The predicted octanol–water partition coefficient (Wildman–Crippen LogP) is 18.0. The van der Waals surface area contributed by atoms with E-state index in [1.807, 2.05) is 0 Å². The average molecular weight is 895 g/mol. The van der Waals surface area contributed by atoms with Gasteiger partial charge >= 0.3 is 17.9 Å². The quantitative estimate of drug-likeness (QED) is 0.0262. The fraction of sp³-hybridized carbons (Fsp3) is 0.776. The Bertz CT molecular complexity index is 1170. The molecule has 0 aliphatic carbocycles. The molecule has 0 amide bonds. The van der Waals surface area contributed by atoms with E-state index in [0.29, 0.717) is 19.3 Å². The Kier molecular flexibility index (Phi) is 50.4. The minimum Gasteiger partial charge on any atom is -0.462 e. The summed E-state index contributed by atoms with van der Waals surface area (Å²) in [6.45, 7) is 6.46. The van der Waals surface area contributed by atoms with E-state index in [9.17, 15) is 14.4 Å². The summed E-state index contributed by atoms with van der Waals surface area (Å²) in [5.41, 5.74) is 0. The fourth-order valence-corrected chi connectivity index (χ4v) is 7.67. The van der Waals surface area contributed by atoms with E-state index in [1.165, 1.54) is 135 Å². The topological polar surface area (TPSA) is 78.9 Å². The van der Waals surface area contributed by atoms with Crippen molar-refractivity contribution in [3.63, 3.8) is 0 Å². The van der Waals surface area contributed by atoms with Crippen LogP contribution >= 0.6 is 0 Å². The first-order valence-corrected chi connectivity index (χ1v) is 27.3. The molecule has 0 heterocycles. The van der Waals surface area contributed by atoms with Crippen LogP contribution in [0.1, 0.15) is 271 Å². The average Bonchev–Trinajstić information content (AvgIpc) is 3.29. The second kappa shape index (κ2) is 52.7. The van der Waals surface area contributed by atoms with Gasteiger partial charge in [-0.25, -0.2) is 0 Å². The van der Waals surface area contributed by atoms with Gasteiger partial charge in [0.1, 0.15) is 13.2 Å². The summed E-state index contributed by atoms with van der Waals surface area (Å²) < 4.78 is 16.8. The van der Waals surface area contributed by atoms with Gasteiger partial charge in [0, 0.05) is 19.3 Å². The molecule has 0 aromatic carbocycles. The number of unbranched alkanes of at least 4 members (excludes halogenated alkanes) is 28. The van der Waals surface area contributed by atoms with Crippen molar-refractivity contribution in [3.05, 3.63) is 60.8 Å². The molecule has 0 saturated heterocycles. The molecule has 0 aromatic rings. The Labute approximate surface area is 396 Å². The number of hydrogen-bond donors (Lipinski definition) is 0. The highest BCUT2D eigenvalue weighted by atomic mass is 16.6. The molecular weight excluding hydrogens is 793 g/mol. The van der Waals surface area contributed by atoms with Crippen LogP contribution in [0, 0.1) is 0 Å². The zero-order valence-corrected chi connectivity index (χ0v) is 42.3. The summed E-state index contributed by atoms with van der Waals surface area (Å²) >= 11 is 0. The van der Waals surface area contributed by atoms with E-state index in [-0.39, 0.29) is 31.1 Å². The molecule has 1 unspecified atom stereocenters. The van der Waals surface area contributed by atoms with Gasteiger partial charge in [0.05, 0.1) is 0 Å². The molecule has 0 aromatic heterocycles. The maximum Gasteiger partial charge on any atom is 0.306 e. The third kappa shape index (κ3) is 50.1. The summed E-state index contributed by atoms with van der Waals surface area (Å²) in [5, 5.41) is 0. The lowest BCUT2D eigenvalue weighted by atomic mass is 10.0. The Morgan fingerprint density at radius 2 is 0.641 bits per heavy atom. The highest BCUT2D eigenvalue weighted by molar-refractivity contribution is 5.71. The first-order valence-electron chi connectivity index (χ1n) is 27.3. The largest absolute Gasteiger partial charge is 0.462 e. The van der Waals surface area contributed by atoms with Crippen LogP contribution in [-0.2, 0) is 28.6 Å². The monoisotopic (exact) mass is 895 g/mol. The predicted molar refractivity (Wildman–Crippen MR) is 275 cm³/mol. The lowest BCUT2D eigenvalue weighted by Crippen LogP contribution is -2.30. The van der Waals surface area contributed by atoms with Crippen molar-refractivity contribution in [1.29, 1.82) is 0 Å². The first kappa shape index (κ1) is 61.1. The van der Waals surface area contributed by atoms with Crippen molar-refractivity contribution in [2.75, 3.05) is 13.2 Å². The molecule has 0 rings (SSSR count). The molecule has 6 heteroatoms. The van der Waals surface area contributed by atoms with Crippen molar-refractivity contribution in [1.82, 2.24) is 0 Å². The molecule has 64 heavy (non-hydrogen) atoms. The Morgan fingerprint density at radius 1 is 0.328 bits per heavy atom. The lowest BCUT2D eigenvalue weighted by Gasteiger charge is -2.18. The fourth-order valence-electron chi connectivity index (χ4n) is 7.67. The van der Waals surface area contributed by atoms with Gasteiger partial charge in [-0.1, -0.05) is 236 Å². The van der Waals surface area contributed by atoms with Gasteiger partial charge in [0.25, 0.3) is 0 Å². The van der Waals surface area contributed by atoms with Crippen LogP contribution in [0.4, 0.5) is 0 Å². The lowest BCUT2D eigenvalue weighted by molar-refractivity contribution is -0.167. The van der Waals surface area contributed by atoms with Crippen LogP contribution in [0.15, 0.2) is 60.8 Å². The molecule has 0 aliphatic rings. The Balaban J connectivity index is 4.17. The van der Waals surface area contributed by atoms with Crippen LogP contribution < -0.4 is 0 Å². The van der Waals surface area contributed by atoms with Crippen molar-refractivity contribution in [3.8, 4) is 0 Å². The summed E-state index contributed by atoms with van der Waals surface area (Å²) in [5.74, 6) is -0.882. The van der Waals surface area contributed by atoms with Crippen molar-refractivity contribution < 1.29 is 28.6 Å². The number of carbonyl (C=O) groups excluding carboxylic acids is 3. The zero-order valence-electron chi connectivity index (χ0n) is 42.3. The molecule has 0 spiro atoms. The maximum absolute atomic E-state index is 12.8. The molecule has 6 nitrogen and oxygen atoms in total. The first-order chi connectivity index (χ1) is 31.5. The Hall–Kier alpha value is -2.89. The van der Waals surface area contributed by atoms with Gasteiger partial charge in [0.15, 0.2) is 6.10 Å². The molecule has 0 radical (unpaired) electrons.